The second kappa shape index (κ2) is 4.90. The number of rotatable bonds is 4. The van der Waals surface area contributed by atoms with Crippen molar-refractivity contribution < 1.29 is 4.80 Å². The van der Waals surface area contributed by atoms with Gasteiger partial charge in [0.25, 0.3) is 0 Å². The van der Waals surface area contributed by atoms with E-state index in [9.17, 15) is 4.80 Å². The molecule has 0 aliphatic rings. The zero-order valence-electron chi connectivity index (χ0n) is 10.6. The van der Waals surface area contributed by atoms with Crippen LogP contribution in [0.25, 0.3) is 10.1 Å². The molecule has 2 N–H and O–H groups in total. The van der Waals surface area contributed by atoms with Crippen LogP contribution < -0.4 is 9.82 Å². The molecule has 2 nitrogen and oxygen atoms in total. The first kappa shape index (κ1) is 12.8. The fourth-order valence-corrected chi connectivity index (χ4v) is 4.45. The summed E-state index contributed by atoms with van der Waals surface area (Å²) in [6.45, 7) is 4.95. The Hall–Kier alpha value is -0.683. The van der Waals surface area contributed by atoms with E-state index in [0.29, 0.717) is 0 Å². The third-order valence-corrected chi connectivity index (χ3v) is 6.93. The summed E-state index contributed by atoms with van der Waals surface area (Å²) < 4.78 is 2.45. The molecule has 17 heavy (non-hydrogen) atoms. The number of likely N-dealkylation sites (N-methyl/N-ethyl adjacent to an activating group) is 1. The van der Waals surface area contributed by atoms with Crippen LogP contribution in [0.4, 0.5) is 0 Å². The first-order valence-electron chi connectivity index (χ1n) is 5.90. The number of hydrogen-bond acceptors (Lipinski definition) is 3. The molecule has 0 saturated heterocycles. The molecule has 1 aromatic carbocycles. The molecule has 0 fully saturated rings. The van der Waals surface area contributed by atoms with Crippen molar-refractivity contribution in [3.05, 3.63) is 29.8 Å². The van der Waals surface area contributed by atoms with Crippen molar-refractivity contribution in [3.63, 3.8) is 0 Å². The third-order valence-electron chi connectivity index (χ3n) is 2.85. The summed E-state index contributed by atoms with van der Waals surface area (Å²) in [6.07, 6.45) is 1.05. The Labute approximate surface area is 107 Å². The highest BCUT2D eigenvalue weighted by atomic mass is 32.1. The molecule has 0 bridgehead atoms. The number of hydrogen-bond donors (Lipinski definition) is 2. The van der Waals surface area contributed by atoms with Gasteiger partial charge >= 0.3 is 0 Å². The second-order valence-electron chi connectivity index (χ2n) is 4.90. The Morgan fingerprint density at radius 3 is 2.71 bits per heavy atom. The average molecular weight is 265 g/mol. The lowest BCUT2D eigenvalue weighted by atomic mass is 10.1. The maximum Gasteiger partial charge on any atom is 0.224 e. The van der Waals surface area contributed by atoms with Crippen molar-refractivity contribution in [1.29, 1.82) is 0 Å². The van der Waals surface area contributed by atoms with Crippen LogP contribution in [0.5, 0.6) is 0 Å². The fraction of sp³-hybridized carbons (Fsp3) is 0.385. The summed E-state index contributed by atoms with van der Waals surface area (Å²) in [6, 6.07) is 8.77. The topological polar surface area (TPSA) is 32.3 Å². The molecule has 1 aromatic heterocycles. The predicted molar refractivity (Wildman–Crippen MR) is 78.8 cm³/mol. The maximum absolute atomic E-state index is 10.1. The highest BCUT2D eigenvalue weighted by molar-refractivity contribution is 7.30. The van der Waals surface area contributed by atoms with Crippen molar-refractivity contribution in [2.45, 2.75) is 19.5 Å². The average Bonchev–Trinajstić information content (AvgIpc) is 2.68. The van der Waals surface area contributed by atoms with Gasteiger partial charge in [-0.2, -0.15) is 0 Å². The molecule has 2 aromatic rings. The van der Waals surface area contributed by atoms with E-state index in [2.05, 4.69) is 29.6 Å². The Morgan fingerprint density at radius 1 is 1.29 bits per heavy atom. The summed E-state index contributed by atoms with van der Waals surface area (Å²) >= 11 is 1.73. The van der Waals surface area contributed by atoms with E-state index in [1.165, 1.54) is 20.2 Å². The molecule has 0 spiro atoms. The van der Waals surface area contributed by atoms with Gasteiger partial charge in [0.2, 0.25) is 8.32 Å². The summed E-state index contributed by atoms with van der Waals surface area (Å²) in [5, 5.41) is 4.43. The zero-order valence-corrected chi connectivity index (χ0v) is 12.4. The van der Waals surface area contributed by atoms with Crippen molar-refractivity contribution in [1.82, 2.24) is 5.32 Å². The fourth-order valence-electron chi connectivity index (χ4n) is 1.82. The molecule has 0 amide bonds. The Kier molecular flexibility index (Phi) is 3.68. The van der Waals surface area contributed by atoms with Crippen LogP contribution in [-0.2, 0) is 6.42 Å². The van der Waals surface area contributed by atoms with E-state index in [0.717, 1.165) is 13.0 Å². The van der Waals surface area contributed by atoms with Crippen molar-refractivity contribution >= 4 is 34.2 Å². The SMILES string of the molecule is CNCCc1ccc2sc([Si](C)(C)O)cc2c1. The lowest BCUT2D eigenvalue weighted by Crippen LogP contribution is -2.38. The van der Waals surface area contributed by atoms with Crippen LogP contribution in [-0.4, -0.2) is 26.7 Å². The van der Waals surface area contributed by atoms with Crippen LogP contribution >= 0.6 is 11.3 Å². The van der Waals surface area contributed by atoms with Crippen molar-refractivity contribution in [2.24, 2.45) is 0 Å². The molecular weight excluding hydrogens is 246 g/mol. The van der Waals surface area contributed by atoms with E-state index >= 15 is 0 Å². The summed E-state index contributed by atoms with van der Waals surface area (Å²) in [5.74, 6) is 0. The number of benzene rings is 1. The molecule has 0 unspecified atom stereocenters. The first-order chi connectivity index (χ1) is 8.00. The molecule has 0 saturated carbocycles. The summed E-state index contributed by atoms with van der Waals surface area (Å²) in [5.41, 5.74) is 1.36. The van der Waals surface area contributed by atoms with Gasteiger partial charge in [-0.3, -0.25) is 0 Å². The lowest BCUT2D eigenvalue weighted by molar-refractivity contribution is 0.569. The highest BCUT2D eigenvalue weighted by Gasteiger charge is 2.22. The van der Waals surface area contributed by atoms with Crippen molar-refractivity contribution in [3.8, 4) is 0 Å². The first-order valence-corrected chi connectivity index (χ1v) is 9.67. The van der Waals surface area contributed by atoms with E-state index in [1.807, 2.05) is 20.1 Å². The molecule has 4 heteroatoms. The van der Waals surface area contributed by atoms with Crippen LogP contribution in [0, 0.1) is 0 Å². The second-order valence-corrected chi connectivity index (χ2v) is 10.00. The maximum atomic E-state index is 10.1. The molecule has 0 radical (unpaired) electrons. The molecule has 2 rings (SSSR count). The van der Waals surface area contributed by atoms with Gasteiger partial charge in [0.15, 0.2) is 0 Å². The standard InChI is InChI=1S/C13H19NOSSi/c1-14-7-6-10-4-5-12-11(8-10)9-13(16-12)17(2,3)15/h4-5,8-9,14-15H,6-7H2,1-3H3. The smallest absolute Gasteiger partial charge is 0.224 e. The Balaban J connectivity index is 2.34. The molecule has 92 valence electrons. The van der Waals surface area contributed by atoms with E-state index in [-0.39, 0.29) is 0 Å². The zero-order chi connectivity index (χ0) is 12.5. The quantitative estimate of drug-likeness (QED) is 0.830. The largest absolute Gasteiger partial charge is 0.427 e. The number of fused-ring (bicyclic) bond motifs is 1. The lowest BCUT2D eigenvalue weighted by Gasteiger charge is -2.09. The van der Waals surface area contributed by atoms with Gasteiger partial charge in [-0.05, 0) is 56.2 Å². The van der Waals surface area contributed by atoms with Gasteiger partial charge in [0.05, 0.1) is 0 Å². The van der Waals surface area contributed by atoms with Crippen LogP contribution in [0.3, 0.4) is 0 Å². The highest BCUT2D eigenvalue weighted by Crippen LogP contribution is 2.22. The van der Waals surface area contributed by atoms with Crippen molar-refractivity contribution in [2.75, 3.05) is 13.6 Å². The summed E-state index contributed by atoms with van der Waals surface area (Å²) in [4.78, 5) is 10.1. The number of nitrogens with one attached hydrogen (secondary N) is 1. The minimum Gasteiger partial charge on any atom is -0.427 e. The predicted octanol–water partition coefficient (Wildman–Crippen LogP) is 2.07. The van der Waals surface area contributed by atoms with Gasteiger partial charge in [0.1, 0.15) is 0 Å². The normalized spacial score (nSPS) is 12.2. The molecule has 0 aliphatic heterocycles. The Morgan fingerprint density at radius 2 is 2.06 bits per heavy atom. The number of thiophene rings is 1. The van der Waals surface area contributed by atoms with Gasteiger partial charge in [0, 0.05) is 9.20 Å². The monoisotopic (exact) mass is 265 g/mol. The van der Waals surface area contributed by atoms with Gasteiger partial charge in [-0.1, -0.05) is 12.1 Å². The van der Waals surface area contributed by atoms with E-state index in [4.69, 9.17) is 0 Å². The summed E-state index contributed by atoms with van der Waals surface area (Å²) in [7, 11) is -0.180. The van der Waals surface area contributed by atoms with Gasteiger partial charge in [-0.25, -0.2) is 0 Å². The third kappa shape index (κ3) is 2.96. The molecule has 0 atom stereocenters. The van der Waals surface area contributed by atoms with Gasteiger partial charge in [-0.15, -0.1) is 11.3 Å². The molecule has 1 heterocycles. The minimum atomic E-state index is -2.15. The van der Waals surface area contributed by atoms with E-state index < -0.39 is 8.32 Å². The van der Waals surface area contributed by atoms with Crippen LogP contribution in [0.15, 0.2) is 24.3 Å². The Bertz CT molecular complexity index is 516. The van der Waals surface area contributed by atoms with Crippen LogP contribution in [0.1, 0.15) is 5.56 Å². The van der Waals surface area contributed by atoms with E-state index in [1.54, 1.807) is 11.3 Å². The minimum absolute atomic E-state index is 1.00. The molecule has 0 aliphatic carbocycles. The van der Waals surface area contributed by atoms with Crippen LogP contribution in [0.2, 0.25) is 13.1 Å². The molecular formula is C13H19NOSSi. The van der Waals surface area contributed by atoms with Gasteiger partial charge < -0.3 is 10.1 Å².